The molecule has 0 radical (unpaired) electrons. The molecule has 26 heavy (non-hydrogen) atoms. The van der Waals surface area contributed by atoms with Crippen LogP contribution >= 0.6 is 0 Å². The summed E-state index contributed by atoms with van der Waals surface area (Å²) in [7, 11) is -4.66. The highest BCUT2D eigenvalue weighted by atomic mass is 32.2. The molecule has 1 heterocycles. The summed E-state index contributed by atoms with van der Waals surface area (Å²) in [5.74, 6) is -3.45. The number of anilines is 1. The highest BCUT2D eigenvalue weighted by molar-refractivity contribution is 7.91. The van der Waals surface area contributed by atoms with Gasteiger partial charge in [0.2, 0.25) is 9.84 Å². The number of aromatic nitrogens is 1. The minimum absolute atomic E-state index is 0.157. The number of alkyl halides is 2. The Morgan fingerprint density at radius 2 is 1.65 bits per heavy atom. The molecule has 2 aromatic carbocycles. The normalized spacial score (nSPS) is 11.5. The Labute approximate surface area is 150 Å². The van der Waals surface area contributed by atoms with Crippen molar-refractivity contribution < 1.29 is 17.2 Å². The lowest BCUT2D eigenvalue weighted by Gasteiger charge is -2.12. The molecule has 4 nitrogen and oxygen atoms in total. The first-order chi connectivity index (χ1) is 12.5. The lowest BCUT2D eigenvalue weighted by Crippen LogP contribution is -2.14. The fourth-order valence-corrected chi connectivity index (χ4v) is 3.41. The zero-order valence-corrected chi connectivity index (χ0v) is 14.5. The van der Waals surface area contributed by atoms with Gasteiger partial charge in [0.05, 0.1) is 10.6 Å². The van der Waals surface area contributed by atoms with E-state index in [0.29, 0.717) is 6.54 Å². The molecule has 0 atom stereocenters. The highest BCUT2D eigenvalue weighted by Crippen LogP contribution is 2.26. The summed E-state index contributed by atoms with van der Waals surface area (Å²) >= 11 is 0. The highest BCUT2D eigenvalue weighted by Gasteiger charge is 2.28. The molecule has 1 N–H and O–H groups in total. The van der Waals surface area contributed by atoms with E-state index in [9.17, 15) is 17.2 Å². The Hall–Kier alpha value is -2.80. The van der Waals surface area contributed by atoms with Crippen molar-refractivity contribution >= 4 is 15.5 Å². The Morgan fingerprint density at radius 1 is 0.923 bits per heavy atom. The lowest BCUT2D eigenvalue weighted by molar-refractivity contribution is 0.235. The van der Waals surface area contributed by atoms with Gasteiger partial charge in [0.25, 0.3) is 0 Å². The second-order valence-corrected chi connectivity index (χ2v) is 7.48. The Morgan fingerprint density at radius 3 is 2.31 bits per heavy atom. The lowest BCUT2D eigenvalue weighted by atomic mass is 10.1. The van der Waals surface area contributed by atoms with Crippen molar-refractivity contribution in [2.45, 2.75) is 17.2 Å². The molecule has 0 aliphatic rings. The number of nitrogens with one attached hydrogen (secondary N) is 1. The molecule has 3 aromatic rings. The van der Waals surface area contributed by atoms with Crippen molar-refractivity contribution in [3.63, 3.8) is 0 Å². The predicted molar refractivity (Wildman–Crippen MR) is 96.6 cm³/mol. The van der Waals surface area contributed by atoms with Crippen LogP contribution in [0.15, 0.2) is 78.0 Å². The molecule has 0 saturated heterocycles. The van der Waals surface area contributed by atoms with E-state index in [1.165, 1.54) is 18.2 Å². The molecule has 7 heteroatoms. The van der Waals surface area contributed by atoms with Gasteiger partial charge in [-0.25, -0.2) is 8.42 Å². The van der Waals surface area contributed by atoms with E-state index in [1.807, 2.05) is 36.4 Å². The zero-order valence-electron chi connectivity index (χ0n) is 13.6. The van der Waals surface area contributed by atoms with Crippen molar-refractivity contribution in [1.29, 1.82) is 0 Å². The number of pyridine rings is 1. The zero-order chi connectivity index (χ0) is 18.6. The second-order valence-electron chi connectivity index (χ2n) is 5.59. The fourth-order valence-electron chi connectivity index (χ4n) is 2.50. The average Bonchev–Trinajstić information content (AvgIpc) is 2.67. The van der Waals surface area contributed by atoms with Gasteiger partial charge in [-0.15, -0.1) is 0 Å². The van der Waals surface area contributed by atoms with Crippen LogP contribution in [0, 0.1) is 0 Å². The molecule has 0 fully saturated rings. The minimum Gasteiger partial charge on any atom is -0.380 e. The fraction of sp³-hybridized carbons (Fsp3) is 0.105. The van der Waals surface area contributed by atoms with E-state index in [1.54, 1.807) is 18.5 Å². The molecule has 0 spiro atoms. The SMILES string of the molecule is O=S(=O)(c1ccccc1NCc1ccc(-c2cccnc2)cc1)C(F)F. The van der Waals surface area contributed by atoms with Gasteiger partial charge < -0.3 is 5.32 Å². The van der Waals surface area contributed by atoms with Crippen molar-refractivity contribution in [2.75, 3.05) is 5.32 Å². The smallest absolute Gasteiger partial charge is 0.341 e. The van der Waals surface area contributed by atoms with Gasteiger partial charge in [0, 0.05) is 18.9 Å². The summed E-state index contributed by atoms with van der Waals surface area (Å²) in [5, 5.41) is 2.92. The number of sulfone groups is 1. The molecule has 134 valence electrons. The topological polar surface area (TPSA) is 59.1 Å². The molecular weight excluding hydrogens is 358 g/mol. The minimum atomic E-state index is -4.66. The molecule has 0 aliphatic heterocycles. The summed E-state index contributed by atoms with van der Waals surface area (Å²) in [6, 6.07) is 17.1. The molecule has 3 rings (SSSR count). The van der Waals surface area contributed by atoms with Crippen molar-refractivity contribution in [3.8, 4) is 11.1 Å². The maximum absolute atomic E-state index is 12.8. The van der Waals surface area contributed by atoms with Crippen LogP contribution in [0.1, 0.15) is 5.56 Å². The molecule has 1 aromatic heterocycles. The van der Waals surface area contributed by atoms with Gasteiger partial charge in [-0.05, 0) is 34.9 Å². The maximum Gasteiger partial charge on any atom is 0.341 e. The van der Waals surface area contributed by atoms with Crippen LogP contribution in [0.5, 0.6) is 0 Å². The molecular formula is C19H16F2N2O2S. The number of rotatable bonds is 6. The molecule has 0 saturated carbocycles. The molecule has 0 unspecified atom stereocenters. The molecule has 0 bridgehead atoms. The third kappa shape index (κ3) is 3.88. The average molecular weight is 374 g/mol. The van der Waals surface area contributed by atoms with Crippen molar-refractivity contribution in [3.05, 3.63) is 78.6 Å². The molecule has 0 aliphatic carbocycles. The number of nitrogens with zero attached hydrogens (tertiary/aromatic N) is 1. The number of hydrogen-bond donors (Lipinski definition) is 1. The van der Waals surface area contributed by atoms with Crippen LogP contribution in [0.3, 0.4) is 0 Å². The van der Waals surface area contributed by atoms with Crippen LogP contribution < -0.4 is 5.32 Å². The summed E-state index contributed by atoms with van der Waals surface area (Å²) in [6.07, 6.45) is 3.46. The number of halogens is 2. The summed E-state index contributed by atoms with van der Waals surface area (Å²) in [5.41, 5.74) is 3.04. The van der Waals surface area contributed by atoms with E-state index in [2.05, 4.69) is 10.3 Å². The summed E-state index contributed by atoms with van der Waals surface area (Å²) in [4.78, 5) is 3.67. The van der Waals surface area contributed by atoms with Gasteiger partial charge >= 0.3 is 5.76 Å². The summed E-state index contributed by atoms with van der Waals surface area (Å²) in [6.45, 7) is 0.309. The Balaban J connectivity index is 1.76. The van der Waals surface area contributed by atoms with Crippen LogP contribution in [0.4, 0.5) is 14.5 Å². The third-order valence-electron chi connectivity index (χ3n) is 3.86. The van der Waals surface area contributed by atoms with E-state index in [-0.39, 0.29) is 5.69 Å². The van der Waals surface area contributed by atoms with E-state index < -0.39 is 20.5 Å². The van der Waals surface area contributed by atoms with Crippen LogP contribution in [0.2, 0.25) is 0 Å². The van der Waals surface area contributed by atoms with E-state index in [0.717, 1.165) is 16.7 Å². The van der Waals surface area contributed by atoms with Crippen molar-refractivity contribution in [1.82, 2.24) is 4.98 Å². The van der Waals surface area contributed by atoms with Crippen LogP contribution in [-0.2, 0) is 16.4 Å². The number of benzene rings is 2. The maximum atomic E-state index is 12.8. The van der Waals surface area contributed by atoms with E-state index >= 15 is 0 Å². The Kier molecular flexibility index (Phi) is 5.27. The van der Waals surface area contributed by atoms with E-state index in [4.69, 9.17) is 0 Å². The Bertz CT molecular complexity index is 976. The molecule has 0 amide bonds. The van der Waals surface area contributed by atoms with Crippen LogP contribution in [0.25, 0.3) is 11.1 Å². The number of hydrogen-bond acceptors (Lipinski definition) is 4. The first-order valence-electron chi connectivity index (χ1n) is 7.83. The number of para-hydroxylation sites is 1. The quantitative estimate of drug-likeness (QED) is 0.697. The summed E-state index contributed by atoms with van der Waals surface area (Å²) < 4.78 is 49.2. The van der Waals surface area contributed by atoms with Gasteiger partial charge in [-0.1, -0.05) is 42.5 Å². The van der Waals surface area contributed by atoms with Gasteiger partial charge in [0.1, 0.15) is 0 Å². The van der Waals surface area contributed by atoms with Crippen LogP contribution in [-0.4, -0.2) is 19.2 Å². The van der Waals surface area contributed by atoms with Crippen molar-refractivity contribution in [2.24, 2.45) is 0 Å². The first-order valence-corrected chi connectivity index (χ1v) is 9.37. The van der Waals surface area contributed by atoms with Gasteiger partial charge in [-0.2, -0.15) is 8.78 Å². The monoisotopic (exact) mass is 374 g/mol. The second kappa shape index (κ2) is 7.61. The standard InChI is InChI=1S/C19H16F2N2O2S/c20-19(21)26(24,25)18-6-2-1-5-17(18)23-12-14-7-9-15(10-8-14)16-4-3-11-22-13-16/h1-11,13,19,23H,12H2. The van der Waals surface area contributed by atoms with Gasteiger partial charge in [0.15, 0.2) is 0 Å². The largest absolute Gasteiger partial charge is 0.380 e. The third-order valence-corrected chi connectivity index (χ3v) is 5.30. The van der Waals surface area contributed by atoms with Gasteiger partial charge in [-0.3, -0.25) is 4.98 Å². The predicted octanol–water partition coefficient (Wildman–Crippen LogP) is 4.36. The first kappa shape index (κ1) is 18.0.